The van der Waals surface area contributed by atoms with Crippen molar-refractivity contribution >= 4 is 37.3 Å². The smallest absolute Gasteiger partial charge is 0.115 e. The molecule has 2 radical (unpaired) electrons. The predicted octanol–water partition coefficient (Wildman–Crippen LogP) is 1.14. The Kier molecular flexibility index (Phi) is 1.68. The zero-order valence-electron chi connectivity index (χ0n) is 4.51. The minimum atomic E-state index is 0.847. The average molecular weight is 140 g/mol. The molecule has 0 aliphatic rings. The van der Waals surface area contributed by atoms with Crippen molar-refractivity contribution in [3.63, 3.8) is 0 Å². The van der Waals surface area contributed by atoms with Crippen LogP contribution < -0.4 is 5.46 Å². The number of hydrogen-bond acceptors (Lipinski definition) is 2. The monoisotopic (exact) mass is 140 g/mol. The molecule has 0 aliphatic heterocycles. The third kappa shape index (κ3) is 0.930. The Hall–Kier alpha value is 0.115. The van der Waals surface area contributed by atoms with Crippen molar-refractivity contribution in [2.75, 3.05) is 0 Å². The van der Waals surface area contributed by atoms with E-state index in [-0.39, 0.29) is 0 Å². The molecule has 0 amide bonds. The zero-order valence-corrected chi connectivity index (χ0v) is 6.22. The molecule has 40 valence electrons. The maximum Gasteiger partial charge on any atom is 0.115 e. The molecule has 8 heavy (non-hydrogen) atoms. The van der Waals surface area contributed by atoms with E-state index in [9.17, 15) is 0 Å². The van der Waals surface area contributed by atoms with Gasteiger partial charge in [0.15, 0.2) is 0 Å². The van der Waals surface area contributed by atoms with Crippen LogP contribution in [0.1, 0.15) is 5.56 Å². The lowest BCUT2D eigenvalue weighted by Gasteiger charge is -1.86. The molecule has 0 unspecified atom stereocenters. The standard InChI is InChI=1S/C5H5BS2/c1-3-4(6)2-8-5(3)7/h2,7H,1H3. The van der Waals surface area contributed by atoms with Crippen molar-refractivity contribution < 1.29 is 0 Å². The van der Waals surface area contributed by atoms with E-state index < -0.39 is 0 Å². The summed E-state index contributed by atoms with van der Waals surface area (Å²) < 4.78 is 1.02. The Morgan fingerprint density at radius 3 is 2.50 bits per heavy atom. The molecule has 1 rings (SSSR count). The Morgan fingerprint density at radius 1 is 1.75 bits per heavy atom. The van der Waals surface area contributed by atoms with Crippen LogP contribution in [0.2, 0.25) is 0 Å². The van der Waals surface area contributed by atoms with Gasteiger partial charge in [-0.1, -0.05) is 5.46 Å². The van der Waals surface area contributed by atoms with E-state index in [0.29, 0.717) is 0 Å². The second-order valence-corrected chi connectivity index (χ2v) is 3.25. The van der Waals surface area contributed by atoms with Gasteiger partial charge in [0.1, 0.15) is 7.85 Å². The van der Waals surface area contributed by atoms with E-state index in [1.807, 2.05) is 12.3 Å². The number of hydrogen-bond donors (Lipinski definition) is 1. The first-order valence-corrected chi connectivity index (χ1v) is 3.57. The van der Waals surface area contributed by atoms with Crippen molar-refractivity contribution in [3.05, 3.63) is 10.9 Å². The molecule has 0 saturated heterocycles. The first kappa shape index (κ1) is 6.24. The second kappa shape index (κ2) is 2.15. The first-order valence-electron chi connectivity index (χ1n) is 2.24. The lowest BCUT2D eigenvalue weighted by atomic mass is 9.96. The Bertz CT molecular complexity index is 173. The summed E-state index contributed by atoms with van der Waals surface area (Å²) in [5.41, 5.74) is 1.94. The summed E-state index contributed by atoms with van der Waals surface area (Å²) in [6.07, 6.45) is 0. The lowest BCUT2D eigenvalue weighted by Crippen LogP contribution is -1.99. The molecule has 0 aromatic carbocycles. The SMILES string of the molecule is [B]c1csc(S)c1C. The molecule has 0 bridgehead atoms. The van der Waals surface area contributed by atoms with E-state index in [2.05, 4.69) is 12.6 Å². The molecule has 0 atom stereocenters. The normalized spacial score (nSPS) is 9.75. The van der Waals surface area contributed by atoms with Crippen LogP contribution in [0.15, 0.2) is 9.59 Å². The van der Waals surface area contributed by atoms with Crippen LogP contribution in [-0.4, -0.2) is 7.85 Å². The Balaban J connectivity index is 3.19. The quantitative estimate of drug-likeness (QED) is 0.405. The van der Waals surface area contributed by atoms with Crippen LogP contribution in [0.5, 0.6) is 0 Å². The average Bonchev–Trinajstić information content (AvgIpc) is 1.98. The molecule has 1 heterocycles. The number of thiol groups is 1. The topological polar surface area (TPSA) is 0 Å². The van der Waals surface area contributed by atoms with E-state index >= 15 is 0 Å². The van der Waals surface area contributed by atoms with Crippen LogP contribution in [0, 0.1) is 6.92 Å². The van der Waals surface area contributed by atoms with Gasteiger partial charge in [0, 0.05) is 0 Å². The number of thiophene rings is 1. The summed E-state index contributed by atoms with van der Waals surface area (Å²) in [5.74, 6) is 0. The first-order chi connectivity index (χ1) is 3.72. The van der Waals surface area contributed by atoms with E-state index in [1.54, 1.807) is 11.3 Å². The molecule has 0 fully saturated rings. The van der Waals surface area contributed by atoms with E-state index in [1.165, 1.54) is 0 Å². The fraction of sp³-hybridized carbons (Fsp3) is 0.200. The Labute approximate surface area is 59.7 Å². The Morgan fingerprint density at radius 2 is 2.38 bits per heavy atom. The highest BCUT2D eigenvalue weighted by atomic mass is 32.2. The van der Waals surface area contributed by atoms with Gasteiger partial charge < -0.3 is 0 Å². The van der Waals surface area contributed by atoms with Crippen molar-refractivity contribution in [2.24, 2.45) is 0 Å². The summed E-state index contributed by atoms with van der Waals surface area (Å²) in [7, 11) is 5.50. The minimum Gasteiger partial charge on any atom is -0.138 e. The fourth-order valence-corrected chi connectivity index (χ4v) is 1.42. The van der Waals surface area contributed by atoms with Gasteiger partial charge in [0.25, 0.3) is 0 Å². The van der Waals surface area contributed by atoms with Gasteiger partial charge in [0.2, 0.25) is 0 Å². The maximum absolute atomic E-state index is 5.50. The van der Waals surface area contributed by atoms with Gasteiger partial charge in [-0.15, -0.1) is 24.0 Å². The molecule has 0 N–H and O–H groups in total. The highest BCUT2D eigenvalue weighted by Gasteiger charge is 1.96. The summed E-state index contributed by atoms with van der Waals surface area (Å²) >= 11 is 5.73. The van der Waals surface area contributed by atoms with Crippen LogP contribution in [0.4, 0.5) is 0 Å². The third-order valence-electron chi connectivity index (χ3n) is 1.05. The van der Waals surface area contributed by atoms with Crippen molar-refractivity contribution in [1.29, 1.82) is 0 Å². The summed E-state index contributed by atoms with van der Waals surface area (Å²) in [4.78, 5) is 0. The summed E-state index contributed by atoms with van der Waals surface area (Å²) in [6.45, 7) is 1.97. The highest BCUT2D eigenvalue weighted by Crippen LogP contribution is 2.16. The van der Waals surface area contributed by atoms with Crippen LogP contribution in [-0.2, 0) is 0 Å². The highest BCUT2D eigenvalue weighted by molar-refractivity contribution is 7.83. The second-order valence-electron chi connectivity index (χ2n) is 1.62. The maximum atomic E-state index is 5.50. The largest absolute Gasteiger partial charge is 0.138 e. The zero-order chi connectivity index (χ0) is 6.15. The predicted molar refractivity (Wildman–Crippen MR) is 41.7 cm³/mol. The van der Waals surface area contributed by atoms with E-state index in [4.69, 9.17) is 7.85 Å². The van der Waals surface area contributed by atoms with Crippen LogP contribution in [0.25, 0.3) is 0 Å². The molecular formula is C5H5BS2. The van der Waals surface area contributed by atoms with Crippen molar-refractivity contribution in [2.45, 2.75) is 11.1 Å². The summed E-state index contributed by atoms with van der Waals surface area (Å²) in [5, 5.41) is 1.90. The van der Waals surface area contributed by atoms with Crippen molar-refractivity contribution in [1.82, 2.24) is 0 Å². The molecular weight excluding hydrogens is 135 g/mol. The van der Waals surface area contributed by atoms with Crippen molar-refractivity contribution in [3.8, 4) is 0 Å². The molecule has 1 aromatic rings. The lowest BCUT2D eigenvalue weighted by molar-refractivity contribution is 1.47. The van der Waals surface area contributed by atoms with Gasteiger partial charge in [-0.2, -0.15) is 0 Å². The van der Waals surface area contributed by atoms with Gasteiger partial charge >= 0.3 is 0 Å². The molecule has 0 aliphatic carbocycles. The van der Waals surface area contributed by atoms with Crippen LogP contribution in [0.3, 0.4) is 0 Å². The summed E-state index contributed by atoms with van der Waals surface area (Å²) in [6, 6.07) is 0. The van der Waals surface area contributed by atoms with Gasteiger partial charge in [-0.25, -0.2) is 0 Å². The molecule has 0 spiro atoms. The molecule has 3 heteroatoms. The molecule has 0 nitrogen and oxygen atoms in total. The van der Waals surface area contributed by atoms with Gasteiger partial charge in [0.05, 0.1) is 4.21 Å². The minimum absolute atomic E-state index is 0.847. The molecule has 0 saturated carbocycles. The number of rotatable bonds is 0. The fourth-order valence-electron chi connectivity index (χ4n) is 0.420. The third-order valence-corrected chi connectivity index (χ3v) is 2.60. The van der Waals surface area contributed by atoms with Crippen LogP contribution >= 0.6 is 24.0 Å². The molecule has 1 aromatic heterocycles. The van der Waals surface area contributed by atoms with Gasteiger partial charge in [-0.05, 0) is 17.9 Å². The van der Waals surface area contributed by atoms with E-state index in [0.717, 1.165) is 15.2 Å². The van der Waals surface area contributed by atoms with Gasteiger partial charge in [-0.3, -0.25) is 0 Å².